The maximum absolute atomic E-state index is 12.1. The van der Waals surface area contributed by atoms with E-state index in [2.05, 4.69) is 0 Å². The SMILES string of the molecule is Cc1c(C(=O)O)cccc1S(=O)(=O)CCCCCO. The fourth-order valence-corrected chi connectivity index (χ4v) is 3.54. The van der Waals surface area contributed by atoms with Crippen molar-refractivity contribution < 1.29 is 23.4 Å². The number of rotatable bonds is 7. The molecule has 0 radical (unpaired) electrons. The molecular weight excluding hydrogens is 268 g/mol. The molecule has 6 heteroatoms. The summed E-state index contributed by atoms with van der Waals surface area (Å²) in [5, 5.41) is 17.6. The molecule has 1 aromatic rings. The van der Waals surface area contributed by atoms with Crippen molar-refractivity contribution in [3.8, 4) is 0 Å². The Kier molecular flexibility index (Phi) is 5.50. The number of aliphatic hydroxyl groups excluding tert-OH is 1. The number of hydrogen-bond acceptors (Lipinski definition) is 4. The summed E-state index contributed by atoms with van der Waals surface area (Å²) in [5.41, 5.74) is 0.286. The summed E-state index contributed by atoms with van der Waals surface area (Å²) in [6.45, 7) is 1.55. The predicted octanol–water partition coefficient (Wildman–Crippen LogP) is 1.63. The van der Waals surface area contributed by atoms with E-state index in [1.807, 2.05) is 0 Å². The summed E-state index contributed by atoms with van der Waals surface area (Å²) >= 11 is 0. The van der Waals surface area contributed by atoms with Gasteiger partial charge in [0.05, 0.1) is 16.2 Å². The first kappa shape index (κ1) is 15.7. The van der Waals surface area contributed by atoms with E-state index in [1.165, 1.54) is 25.1 Å². The van der Waals surface area contributed by atoms with Crippen LogP contribution in [0.2, 0.25) is 0 Å². The summed E-state index contributed by atoms with van der Waals surface area (Å²) < 4.78 is 24.3. The number of hydrogen-bond donors (Lipinski definition) is 2. The molecule has 1 rings (SSSR count). The van der Waals surface area contributed by atoms with Gasteiger partial charge in [0.1, 0.15) is 0 Å². The molecule has 0 aliphatic rings. The number of benzene rings is 1. The summed E-state index contributed by atoms with van der Waals surface area (Å²) in [6.07, 6.45) is 1.66. The van der Waals surface area contributed by atoms with E-state index in [4.69, 9.17) is 10.2 Å². The lowest BCUT2D eigenvalue weighted by atomic mass is 10.1. The van der Waals surface area contributed by atoms with Crippen LogP contribution in [-0.2, 0) is 9.84 Å². The van der Waals surface area contributed by atoms with Crippen LogP contribution in [0.4, 0.5) is 0 Å². The highest BCUT2D eigenvalue weighted by Crippen LogP contribution is 2.21. The Morgan fingerprint density at radius 1 is 1.21 bits per heavy atom. The van der Waals surface area contributed by atoms with Crippen LogP contribution in [0.25, 0.3) is 0 Å². The lowest BCUT2D eigenvalue weighted by Gasteiger charge is -2.09. The number of aliphatic hydroxyl groups is 1. The summed E-state index contributed by atoms with van der Waals surface area (Å²) in [7, 11) is -3.47. The Bertz CT molecular complexity index is 548. The van der Waals surface area contributed by atoms with E-state index in [9.17, 15) is 13.2 Å². The van der Waals surface area contributed by atoms with Crippen molar-refractivity contribution in [3.05, 3.63) is 29.3 Å². The van der Waals surface area contributed by atoms with Crippen molar-refractivity contribution in [2.24, 2.45) is 0 Å². The van der Waals surface area contributed by atoms with E-state index in [1.54, 1.807) is 0 Å². The molecule has 0 heterocycles. The van der Waals surface area contributed by atoms with Gasteiger partial charge in [-0.3, -0.25) is 0 Å². The Morgan fingerprint density at radius 2 is 1.89 bits per heavy atom. The van der Waals surface area contributed by atoms with E-state index in [0.29, 0.717) is 19.3 Å². The number of carboxylic acid groups (broad SMARTS) is 1. The summed E-state index contributed by atoms with van der Waals surface area (Å²) in [4.78, 5) is 11.1. The predicted molar refractivity (Wildman–Crippen MR) is 71.1 cm³/mol. The molecule has 0 amide bonds. The van der Waals surface area contributed by atoms with Gasteiger partial charge in [0.2, 0.25) is 0 Å². The van der Waals surface area contributed by atoms with Gasteiger partial charge >= 0.3 is 5.97 Å². The molecule has 2 N–H and O–H groups in total. The van der Waals surface area contributed by atoms with Crippen LogP contribution in [-0.4, -0.2) is 37.0 Å². The highest BCUT2D eigenvalue weighted by Gasteiger charge is 2.20. The molecule has 0 atom stereocenters. The van der Waals surface area contributed by atoms with Crippen LogP contribution in [0.15, 0.2) is 23.1 Å². The standard InChI is InChI=1S/C13H18O5S/c1-10-11(13(15)16)6-5-7-12(10)19(17,18)9-4-2-3-8-14/h5-7,14H,2-4,8-9H2,1H3,(H,15,16). The topological polar surface area (TPSA) is 91.7 Å². The molecule has 106 valence electrons. The molecule has 0 bridgehead atoms. The maximum Gasteiger partial charge on any atom is 0.335 e. The second-order valence-corrected chi connectivity index (χ2v) is 6.41. The zero-order chi connectivity index (χ0) is 14.5. The quantitative estimate of drug-likeness (QED) is 0.743. The fraction of sp³-hybridized carbons (Fsp3) is 0.462. The van der Waals surface area contributed by atoms with Crippen LogP contribution >= 0.6 is 0 Å². The minimum absolute atomic E-state index is 0.0106. The van der Waals surface area contributed by atoms with Gasteiger partial charge in [-0.15, -0.1) is 0 Å². The molecule has 0 fully saturated rings. The van der Waals surface area contributed by atoms with Crippen molar-refractivity contribution in [2.75, 3.05) is 12.4 Å². The van der Waals surface area contributed by atoms with Crippen molar-refractivity contribution in [1.29, 1.82) is 0 Å². The van der Waals surface area contributed by atoms with E-state index < -0.39 is 15.8 Å². The van der Waals surface area contributed by atoms with Gasteiger partial charge in [-0.2, -0.15) is 0 Å². The highest BCUT2D eigenvalue weighted by atomic mass is 32.2. The smallest absolute Gasteiger partial charge is 0.335 e. The molecular formula is C13H18O5S. The van der Waals surface area contributed by atoms with Crippen molar-refractivity contribution in [1.82, 2.24) is 0 Å². The van der Waals surface area contributed by atoms with Gasteiger partial charge in [-0.05, 0) is 37.5 Å². The second-order valence-electron chi connectivity index (χ2n) is 4.34. The molecule has 19 heavy (non-hydrogen) atoms. The number of carbonyl (C=O) groups is 1. The van der Waals surface area contributed by atoms with Gasteiger partial charge in [-0.1, -0.05) is 12.5 Å². The average molecular weight is 286 g/mol. The molecule has 1 aromatic carbocycles. The Hall–Kier alpha value is -1.40. The van der Waals surface area contributed by atoms with Crippen LogP contribution in [0, 0.1) is 6.92 Å². The van der Waals surface area contributed by atoms with E-state index in [0.717, 1.165) is 0 Å². The number of carboxylic acids is 1. The first-order valence-electron chi connectivity index (χ1n) is 6.06. The fourth-order valence-electron chi connectivity index (χ4n) is 1.87. The number of aromatic carboxylic acids is 1. The third-order valence-electron chi connectivity index (χ3n) is 2.92. The van der Waals surface area contributed by atoms with Gasteiger partial charge in [0, 0.05) is 6.61 Å². The molecule has 0 spiro atoms. The zero-order valence-corrected chi connectivity index (χ0v) is 11.6. The van der Waals surface area contributed by atoms with Crippen molar-refractivity contribution in [2.45, 2.75) is 31.1 Å². The largest absolute Gasteiger partial charge is 0.478 e. The Labute approximate surface area is 112 Å². The normalized spacial score (nSPS) is 11.5. The van der Waals surface area contributed by atoms with Gasteiger partial charge in [0.25, 0.3) is 0 Å². The van der Waals surface area contributed by atoms with Crippen molar-refractivity contribution in [3.63, 3.8) is 0 Å². The van der Waals surface area contributed by atoms with Gasteiger partial charge < -0.3 is 10.2 Å². The van der Waals surface area contributed by atoms with Crippen LogP contribution in [0.3, 0.4) is 0 Å². The first-order valence-corrected chi connectivity index (χ1v) is 7.72. The average Bonchev–Trinajstić information content (AvgIpc) is 2.34. The highest BCUT2D eigenvalue weighted by molar-refractivity contribution is 7.91. The van der Waals surface area contributed by atoms with E-state index >= 15 is 0 Å². The minimum Gasteiger partial charge on any atom is -0.478 e. The van der Waals surface area contributed by atoms with E-state index in [-0.39, 0.29) is 28.4 Å². The van der Waals surface area contributed by atoms with Crippen LogP contribution in [0.1, 0.15) is 35.2 Å². The summed E-state index contributed by atoms with van der Waals surface area (Å²) in [5.74, 6) is -1.16. The zero-order valence-electron chi connectivity index (χ0n) is 10.8. The molecule has 0 aromatic heterocycles. The molecule has 0 saturated heterocycles. The molecule has 0 aliphatic heterocycles. The van der Waals surface area contributed by atoms with Crippen LogP contribution < -0.4 is 0 Å². The number of sulfone groups is 1. The number of unbranched alkanes of at least 4 members (excludes halogenated alkanes) is 2. The Morgan fingerprint density at radius 3 is 2.47 bits per heavy atom. The second kappa shape index (κ2) is 6.68. The molecule has 5 nitrogen and oxygen atoms in total. The lowest BCUT2D eigenvalue weighted by molar-refractivity contribution is 0.0696. The van der Waals surface area contributed by atoms with Crippen molar-refractivity contribution >= 4 is 15.8 Å². The third kappa shape index (κ3) is 4.04. The molecule has 0 aliphatic carbocycles. The summed E-state index contributed by atoms with van der Waals surface area (Å²) in [6, 6.07) is 4.27. The van der Waals surface area contributed by atoms with Gasteiger partial charge in [0.15, 0.2) is 9.84 Å². The maximum atomic E-state index is 12.1. The minimum atomic E-state index is -3.47. The first-order chi connectivity index (χ1) is 8.90. The monoisotopic (exact) mass is 286 g/mol. The third-order valence-corrected chi connectivity index (χ3v) is 4.86. The van der Waals surface area contributed by atoms with Crippen LogP contribution in [0.5, 0.6) is 0 Å². The Balaban J connectivity index is 2.96. The molecule has 0 unspecified atom stereocenters. The van der Waals surface area contributed by atoms with Gasteiger partial charge in [-0.25, -0.2) is 13.2 Å². The molecule has 0 saturated carbocycles. The lowest BCUT2D eigenvalue weighted by Crippen LogP contribution is -2.11.